The fourth-order valence-electron chi connectivity index (χ4n) is 11.4. The van der Waals surface area contributed by atoms with Crippen molar-refractivity contribution in [3.8, 4) is 69.0 Å². The highest BCUT2D eigenvalue weighted by Crippen LogP contribution is 2.62. The van der Waals surface area contributed by atoms with E-state index in [9.17, 15) is 235 Å². The molecule has 816 valence electrons. The van der Waals surface area contributed by atoms with E-state index in [0.29, 0.717) is 79.2 Å². The zero-order valence-electron chi connectivity index (χ0n) is 74.3. The van der Waals surface area contributed by atoms with Gasteiger partial charge >= 0.3 is 86.5 Å². The van der Waals surface area contributed by atoms with Crippen LogP contribution < -0.4 is 56.8 Å². The minimum atomic E-state index is -6.40. The molecule has 6 aromatic rings. The van der Waals surface area contributed by atoms with Gasteiger partial charge in [-0.1, -0.05) is 0 Å². The van der Waals surface area contributed by atoms with Crippen LogP contribution in [0.15, 0.2) is 84.9 Å². The summed E-state index contributed by atoms with van der Waals surface area (Å²) in [6.07, 6.45) is -81.7. The van der Waals surface area contributed by atoms with Gasteiger partial charge in [-0.05, 0) is 120 Å². The maximum absolute atomic E-state index is 13.1. The minimum absolute atomic E-state index is 0.0236. The summed E-state index contributed by atoms with van der Waals surface area (Å²) in [7, 11) is 10.3. The number of aliphatic hydroxyl groups is 10. The van der Waals surface area contributed by atoms with E-state index in [1.54, 1.807) is 0 Å². The molecular weight excluding hydrogens is 2090 g/mol. The summed E-state index contributed by atoms with van der Waals surface area (Å²) in [6.45, 7) is 1.82. The van der Waals surface area contributed by atoms with Gasteiger partial charge in [-0.3, -0.25) is 0 Å². The summed E-state index contributed by atoms with van der Waals surface area (Å²) in [4.78, 5) is 0. The van der Waals surface area contributed by atoms with E-state index in [4.69, 9.17) is 18.9 Å². The van der Waals surface area contributed by atoms with Crippen LogP contribution in [0.5, 0.6) is 69.0 Å². The first kappa shape index (κ1) is 130. The first-order chi connectivity index (χ1) is 62.9. The molecule has 6 aromatic carbocycles. The zero-order valence-corrected chi connectivity index (χ0v) is 74.3. The Bertz CT molecular complexity index is 5040. The smallest absolute Gasteiger partial charge is 0.430 e. The first-order valence-electron chi connectivity index (χ1n) is 36.6. The third kappa shape index (κ3) is 25.5. The van der Waals surface area contributed by atoms with Crippen molar-refractivity contribution in [1.82, 2.24) is 0 Å². The molecule has 0 aliphatic heterocycles. The molecule has 0 amide bonds. The molecule has 0 heterocycles. The molecule has 0 saturated heterocycles. The van der Waals surface area contributed by atoms with E-state index in [-0.39, 0.29) is 62.1 Å². The molecule has 0 spiro atoms. The first-order valence-corrected chi connectivity index (χ1v) is 36.6. The van der Waals surface area contributed by atoms with Crippen LogP contribution in [-0.4, -0.2) is 223 Å². The normalized spacial score (nSPS) is 15.9. The highest BCUT2D eigenvalue weighted by atomic mass is 19.5. The Kier molecular flexibility index (Phi) is 39.3. The largest absolute Gasteiger partial charge is 0.497 e. The van der Waals surface area contributed by atoms with Gasteiger partial charge in [0.05, 0.1) is 85.3 Å². The highest BCUT2D eigenvalue weighted by molar-refractivity contribution is 5.58. The highest BCUT2D eigenvalue weighted by Gasteiger charge is 2.77. The van der Waals surface area contributed by atoms with Gasteiger partial charge in [0.15, 0.2) is 45.1 Å². The van der Waals surface area contributed by atoms with Crippen molar-refractivity contribution in [2.24, 2.45) is 0 Å². The molecule has 0 radical (unpaired) electrons. The van der Waals surface area contributed by atoms with Crippen molar-refractivity contribution < 1.29 is 292 Å². The Balaban J connectivity index is 0.000000857. The van der Waals surface area contributed by atoms with Crippen LogP contribution in [0.3, 0.4) is 0 Å². The van der Waals surface area contributed by atoms with E-state index in [1.807, 2.05) is 0 Å². The van der Waals surface area contributed by atoms with Crippen LogP contribution in [0.1, 0.15) is 97.2 Å². The quantitative estimate of drug-likeness (QED) is 0.0282. The molecule has 142 heavy (non-hydrogen) atoms. The van der Waals surface area contributed by atoms with Gasteiger partial charge in [0.25, 0.3) is 22.4 Å². The van der Waals surface area contributed by atoms with E-state index in [2.05, 4.69) is 37.9 Å². The predicted octanol–water partition coefficient (Wildman–Crippen LogP) is 20.1. The molecule has 6 unspecified atom stereocenters. The molecule has 6 rings (SSSR count). The number of rotatable bonds is 22. The maximum atomic E-state index is 13.1. The third-order valence-electron chi connectivity index (χ3n) is 20.2. The van der Waals surface area contributed by atoms with Crippen LogP contribution in [0, 0.1) is 0 Å². The standard InChI is InChI=1S/3C14H13F9O4.C14H16F6O4.C11H10F6O3.C11H13F3O3/c1-10(24,12(15,16)17)6-4-9(27-3)7(5-8(6)26-2)11(25,13(18,19)20)14(21,22)23;1-10(24,12(15,16)17)7-4-6(26-2)5-8(9(7)27-3)11(25,13(18,19)20)14(21,22)23;1-10(24,12(15,16)17)6-4-7(9(27-3)8(5-6)26-2)11(25,13(18,19)20)14(21,22)23;1-11(21,13(15,16)17)7-5-8(12(2,22)14(18,19)20)10(24-4)6-9(7)23-3;1-19-6-3-4-8(20-2)7(5-6)9(18,10(12,13)14)11(15,16)17;1-10(15,11(12,13)14)8-5-4-7(16-2)6-9(8)17-3/h3*4-5,24-25H,1-3H3;5-6,21-22H,1-4H3;3-5,18H,1-2H3;4-6,15H,1-3H3. The lowest BCUT2D eigenvalue weighted by Gasteiger charge is -2.36. The van der Waals surface area contributed by atoms with Crippen molar-refractivity contribution in [2.45, 2.75) is 184 Å². The van der Waals surface area contributed by atoms with Crippen LogP contribution in [0.2, 0.25) is 0 Å². The molecule has 0 fully saturated rings. The fourth-order valence-corrected chi connectivity index (χ4v) is 11.4. The van der Waals surface area contributed by atoms with Crippen LogP contribution >= 0.6 is 0 Å². The molecule has 22 nitrogen and oxygen atoms in total. The predicted molar refractivity (Wildman–Crippen MR) is 395 cm³/mol. The number of hydrogen-bond donors (Lipinski definition) is 10. The van der Waals surface area contributed by atoms with Gasteiger partial charge in [-0.25, -0.2) is 0 Å². The summed E-state index contributed by atoms with van der Waals surface area (Å²) >= 11 is 0. The van der Waals surface area contributed by atoms with E-state index in [0.717, 1.165) is 66.9 Å². The van der Waals surface area contributed by atoms with Crippen molar-refractivity contribution >= 4 is 0 Å². The molecule has 6 atom stereocenters. The van der Waals surface area contributed by atoms with Crippen molar-refractivity contribution in [2.75, 3.05) is 85.3 Å². The SMILES string of the molecule is COc1cc(C(C)(O)C(F)(F)F)c(OC)c(C(O)(C(F)(F)F)C(F)(F)F)c1.COc1cc(C(C)(O)C(F)(F)F)cc(C(O)(C(F)(F)F)C(F)(F)F)c1OC.COc1cc(C(O)(C(F)(F)F)C(F)(F)F)c(OC)cc1C(C)(O)C(F)(F)F.COc1cc(OC)c(C(C)(O)C(F)(F)F)cc1C(C)(O)C(F)(F)F.COc1ccc(C(C)(O)C(F)(F)F)c(OC)c1.COc1ccc(OC)c(C(O)(C(F)(F)F)C(F)(F)F)c1. The summed E-state index contributed by atoms with van der Waals surface area (Å²) < 4.78 is 601. The van der Waals surface area contributed by atoms with Crippen molar-refractivity contribution in [3.63, 3.8) is 0 Å². The topological polar surface area (TPSA) is 313 Å². The van der Waals surface area contributed by atoms with Crippen LogP contribution in [0.4, 0.5) is 184 Å². The summed E-state index contributed by atoms with van der Waals surface area (Å²) in [5.74, 6) is -9.32. The maximum Gasteiger partial charge on any atom is 0.430 e. The Hall–Kier alpha value is -10.4. The lowest BCUT2D eigenvalue weighted by Crippen LogP contribution is -2.54. The molecular formula is C78H78F42O22. The lowest BCUT2D eigenvalue weighted by molar-refractivity contribution is -0.377. The van der Waals surface area contributed by atoms with Crippen molar-refractivity contribution in [1.29, 1.82) is 0 Å². The second kappa shape index (κ2) is 43.1. The van der Waals surface area contributed by atoms with Gasteiger partial charge in [-0.2, -0.15) is 184 Å². The Morgan fingerprint density at radius 1 is 0.155 bits per heavy atom. The van der Waals surface area contributed by atoms with Crippen LogP contribution in [-0.2, 0) is 56.0 Å². The number of halogens is 42. The minimum Gasteiger partial charge on any atom is -0.497 e. The number of methoxy groups -OCH3 is 12. The molecule has 0 saturated carbocycles. The number of ether oxygens (including phenoxy) is 12. The molecule has 0 aromatic heterocycles. The van der Waals surface area contributed by atoms with Gasteiger partial charge in [0.1, 0.15) is 57.5 Å². The fraction of sp³-hybridized carbons (Fsp3) is 0.538. The molecule has 10 N–H and O–H groups in total. The van der Waals surface area contributed by atoms with E-state index < -0.39 is 244 Å². The van der Waals surface area contributed by atoms with E-state index in [1.165, 1.54) is 26.4 Å². The van der Waals surface area contributed by atoms with E-state index >= 15 is 0 Å². The Morgan fingerprint density at radius 2 is 0.373 bits per heavy atom. The average Bonchev–Trinajstić information content (AvgIpc) is 0.728. The number of alkyl halides is 42. The monoisotopic (exact) mass is 2160 g/mol. The second-order valence-corrected chi connectivity index (χ2v) is 29.4. The number of benzene rings is 6. The number of hydrogen-bond acceptors (Lipinski definition) is 22. The van der Waals surface area contributed by atoms with Crippen molar-refractivity contribution in [3.05, 3.63) is 141 Å². The van der Waals surface area contributed by atoms with Gasteiger partial charge in [0.2, 0.25) is 0 Å². The summed E-state index contributed by atoms with van der Waals surface area (Å²) in [5.41, 5.74) is -57.4. The third-order valence-corrected chi connectivity index (χ3v) is 20.2. The summed E-state index contributed by atoms with van der Waals surface area (Å²) in [6, 6.07) is 7.66. The molecule has 0 aliphatic rings. The van der Waals surface area contributed by atoms with Gasteiger partial charge < -0.3 is 108 Å². The summed E-state index contributed by atoms with van der Waals surface area (Å²) in [5, 5.41) is 96.0. The zero-order chi connectivity index (χ0) is 113. The van der Waals surface area contributed by atoms with Gasteiger partial charge in [0, 0.05) is 62.2 Å². The molecule has 0 aliphatic carbocycles. The second-order valence-electron chi connectivity index (χ2n) is 29.4. The lowest BCUT2D eigenvalue weighted by atomic mass is 9.85. The molecule has 64 heteroatoms. The van der Waals surface area contributed by atoms with Crippen LogP contribution in [0.25, 0.3) is 0 Å². The Labute approximate surface area is 769 Å². The average molecular weight is 2170 g/mol. The van der Waals surface area contributed by atoms with Gasteiger partial charge in [-0.15, -0.1) is 0 Å². The molecule has 0 bridgehead atoms. The Morgan fingerprint density at radius 3 is 0.655 bits per heavy atom.